The molecule has 1 amide bonds. The van der Waals surface area contributed by atoms with Gasteiger partial charge in [-0.15, -0.1) is 0 Å². The summed E-state index contributed by atoms with van der Waals surface area (Å²) in [5, 5.41) is 6.69. The van der Waals surface area contributed by atoms with Crippen molar-refractivity contribution in [3.8, 4) is 0 Å². The van der Waals surface area contributed by atoms with Crippen LogP contribution in [0.15, 0.2) is 54.7 Å². The number of nitrogens with zero attached hydrogens (tertiary/aromatic N) is 2. The van der Waals surface area contributed by atoms with E-state index in [2.05, 4.69) is 20.6 Å². The van der Waals surface area contributed by atoms with Crippen molar-refractivity contribution >= 4 is 29.1 Å². The van der Waals surface area contributed by atoms with E-state index < -0.39 is 0 Å². The monoisotopic (exact) mass is 366 g/mol. The van der Waals surface area contributed by atoms with Crippen molar-refractivity contribution in [1.82, 2.24) is 9.97 Å². The van der Waals surface area contributed by atoms with Crippen LogP contribution in [0.5, 0.6) is 0 Å². The Labute approximate surface area is 157 Å². The summed E-state index contributed by atoms with van der Waals surface area (Å²) in [7, 11) is 0. The van der Waals surface area contributed by atoms with E-state index in [9.17, 15) is 4.79 Å². The Kier molecular flexibility index (Phi) is 5.49. The Morgan fingerprint density at radius 1 is 1.04 bits per heavy atom. The highest BCUT2D eigenvalue weighted by molar-refractivity contribution is 6.31. The van der Waals surface area contributed by atoms with Gasteiger partial charge in [0.05, 0.1) is 0 Å². The lowest BCUT2D eigenvalue weighted by atomic mass is 10.1. The first-order valence-corrected chi connectivity index (χ1v) is 8.60. The fourth-order valence-corrected chi connectivity index (χ4v) is 2.78. The number of anilines is 2. The Morgan fingerprint density at radius 2 is 1.77 bits per heavy atom. The number of rotatable bonds is 5. The van der Waals surface area contributed by atoms with E-state index in [-0.39, 0.29) is 5.91 Å². The van der Waals surface area contributed by atoms with E-state index >= 15 is 0 Å². The summed E-state index contributed by atoms with van der Waals surface area (Å²) < 4.78 is 0. The summed E-state index contributed by atoms with van der Waals surface area (Å²) in [6, 6.07) is 15.0. The minimum atomic E-state index is -0.273. The van der Waals surface area contributed by atoms with Crippen LogP contribution in [0, 0.1) is 13.8 Å². The van der Waals surface area contributed by atoms with E-state index in [0.29, 0.717) is 23.2 Å². The molecule has 0 bridgehead atoms. The van der Waals surface area contributed by atoms with Gasteiger partial charge in [0.25, 0.3) is 5.91 Å². The Morgan fingerprint density at radius 3 is 2.50 bits per heavy atom. The molecule has 1 aromatic heterocycles. The van der Waals surface area contributed by atoms with E-state index in [1.807, 2.05) is 56.3 Å². The molecule has 0 saturated carbocycles. The topological polar surface area (TPSA) is 66.9 Å². The maximum absolute atomic E-state index is 12.5. The number of benzene rings is 2. The smallest absolute Gasteiger partial charge is 0.274 e. The van der Waals surface area contributed by atoms with Gasteiger partial charge in [0.1, 0.15) is 5.69 Å². The van der Waals surface area contributed by atoms with Gasteiger partial charge in [-0.25, -0.2) is 9.97 Å². The molecule has 2 aromatic carbocycles. The number of aromatic nitrogens is 2. The van der Waals surface area contributed by atoms with Crippen LogP contribution < -0.4 is 10.6 Å². The van der Waals surface area contributed by atoms with E-state index in [0.717, 1.165) is 22.4 Å². The quantitative estimate of drug-likeness (QED) is 0.691. The van der Waals surface area contributed by atoms with Crippen LogP contribution >= 0.6 is 11.6 Å². The van der Waals surface area contributed by atoms with Gasteiger partial charge < -0.3 is 10.6 Å². The van der Waals surface area contributed by atoms with E-state index in [1.165, 1.54) is 0 Å². The molecule has 6 heteroatoms. The van der Waals surface area contributed by atoms with Gasteiger partial charge in [0.2, 0.25) is 5.95 Å². The predicted octanol–water partition coefficient (Wildman–Crippen LogP) is 4.61. The zero-order valence-corrected chi connectivity index (χ0v) is 15.3. The third-order valence-electron chi connectivity index (χ3n) is 4.00. The maximum atomic E-state index is 12.5. The zero-order valence-electron chi connectivity index (χ0n) is 14.6. The van der Waals surface area contributed by atoms with Crippen molar-refractivity contribution in [2.45, 2.75) is 20.4 Å². The van der Waals surface area contributed by atoms with Crippen molar-refractivity contribution in [3.63, 3.8) is 0 Å². The van der Waals surface area contributed by atoms with Crippen molar-refractivity contribution in [1.29, 1.82) is 0 Å². The average Bonchev–Trinajstić information content (AvgIpc) is 2.64. The molecule has 0 atom stereocenters. The Bertz CT molecular complexity index is 922. The molecule has 0 saturated heterocycles. The maximum Gasteiger partial charge on any atom is 0.274 e. The standard InChI is InChI=1S/C20H19ClN4O/c1-13-6-5-7-14(2)18(13)25-19(26)17-10-11-22-20(24-17)23-12-15-8-3-4-9-16(15)21/h3-11H,12H2,1-2H3,(H,25,26)(H,22,23,24). The van der Waals surface area contributed by atoms with Crippen LogP contribution in [-0.2, 0) is 6.54 Å². The van der Waals surface area contributed by atoms with Crippen molar-refractivity contribution in [2.24, 2.45) is 0 Å². The third kappa shape index (κ3) is 4.18. The summed E-state index contributed by atoms with van der Waals surface area (Å²) >= 11 is 6.15. The second kappa shape index (κ2) is 7.97. The number of aryl methyl sites for hydroxylation is 2. The number of carbonyl (C=O) groups is 1. The van der Waals surface area contributed by atoms with Gasteiger partial charge in [-0.3, -0.25) is 4.79 Å². The molecule has 132 valence electrons. The largest absolute Gasteiger partial charge is 0.350 e. The van der Waals surface area contributed by atoms with Gasteiger partial charge in [0.15, 0.2) is 0 Å². The molecule has 0 fully saturated rings. The number of hydrogen-bond donors (Lipinski definition) is 2. The molecule has 0 radical (unpaired) electrons. The van der Waals surface area contributed by atoms with E-state index in [1.54, 1.807) is 12.3 Å². The van der Waals surface area contributed by atoms with Crippen molar-refractivity contribution in [3.05, 3.63) is 82.1 Å². The van der Waals surface area contributed by atoms with Crippen LogP contribution in [0.2, 0.25) is 5.02 Å². The third-order valence-corrected chi connectivity index (χ3v) is 4.37. The summed E-state index contributed by atoms with van der Waals surface area (Å²) in [6.45, 7) is 4.39. The number of hydrogen-bond acceptors (Lipinski definition) is 4. The van der Waals surface area contributed by atoms with Gasteiger partial charge in [-0.05, 0) is 42.7 Å². The predicted molar refractivity (Wildman–Crippen MR) is 105 cm³/mol. The molecule has 1 heterocycles. The second-order valence-electron chi connectivity index (χ2n) is 5.93. The fourth-order valence-electron chi connectivity index (χ4n) is 2.58. The highest BCUT2D eigenvalue weighted by atomic mass is 35.5. The zero-order chi connectivity index (χ0) is 18.5. The normalized spacial score (nSPS) is 10.4. The molecule has 5 nitrogen and oxygen atoms in total. The number of amides is 1. The highest BCUT2D eigenvalue weighted by Gasteiger charge is 2.12. The minimum Gasteiger partial charge on any atom is -0.350 e. The Hall–Kier alpha value is -2.92. The van der Waals surface area contributed by atoms with Crippen LogP contribution in [0.25, 0.3) is 0 Å². The number of nitrogens with one attached hydrogen (secondary N) is 2. The van der Waals surface area contributed by atoms with Crippen LogP contribution in [0.1, 0.15) is 27.2 Å². The molecule has 26 heavy (non-hydrogen) atoms. The summed E-state index contributed by atoms with van der Waals surface area (Å²) in [6.07, 6.45) is 1.56. The van der Waals surface area contributed by atoms with Crippen molar-refractivity contribution < 1.29 is 4.79 Å². The molecular weight excluding hydrogens is 348 g/mol. The lowest BCUT2D eigenvalue weighted by Gasteiger charge is -2.12. The van der Waals surface area contributed by atoms with Gasteiger partial charge in [0, 0.05) is 23.5 Å². The van der Waals surface area contributed by atoms with Gasteiger partial charge in [-0.2, -0.15) is 0 Å². The second-order valence-corrected chi connectivity index (χ2v) is 6.34. The first kappa shape index (κ1) is 17.9. The van der Waals surface area contributed by atoms with E-state index in [4.69, 9.17) is 11.6 Å². The lowest BCUT2D eigenvalue weighted by molar-refractivity contribution is 0.102. The molecule has 0 aliphatic heterocycles. The molecule has 0 spiro atoms. The molecular formula is C20H19ClN4O. The van der Waals surface area contributed by atoms with Crippen molar-refractivity contribution in [2.75, 3.05) is 10.6 Å². The molecule has 2 N–H and O–H groups in total. The summed E-state index contributed by atoms with van der Waals surface area (Å²) in [4.78, 5) is 21.0. The molecule has 3 rings (SSSR count). The first-order valence-electron chi connectivity index (χ1n) is 8.22. The number of halogens is 1. The molecule has 0 aliphatic rings. The van der Waals surface area contributed by atoms with Crippen LogP contribution in [0.4, 0.5) is 11.6 Å². The SMILES string of the molecule is Cc1cccc(C)c1NC(=O)c1ccnc(NCc2ccccc2Cl)n1. The summed E-state index contributed by atoms with van der Waals surface area (Å²) in [5.74, 6) is 0.102. The molecule has 3 aromatic rings. The van der Waals surface area contributed by atoms with Crippen LogP contribution in [-0.4, -0.2) is 15.9 Å². The van der Waals surface area contributed by atoms with Gasteiger partial charge >= 0.3 is 0 Å². The van der Waals surface area contributed by atoms with Gasteiger partial charge in [-0.1, -0.05) is 48.0 Å². The number of para-hydroxylation sites is 1. The summed E-state index contributed by atoms with van der Waals surface area (Å²) in [5.41, 5.74) is 4.04. The van der Waals surface area contributed by atoms with Crippen LogP contribution in [0.3, 0.4) is 0 Å². The fraction of sp³-hybridized carbons (Fsp3) is 0.150. The highest BCUT2D eigenvalue weighted by Crippen LogP contribution is 2.20. The lowest BCUT2D eigenvalue weighted by Crippen LogP contribution is -2.16. The first-order chi connectivity index (χ1) is 12.5. The Balaban J connectivity index is 1.72. The molecule has 0 aliphatic carbocycles. The minimum absolute atomic E-state index is 0.273. The molecule has 0 unspecified atom stereocenters. The average molecular weight is 367 g/mol. The number of carbonyl (C=O) groups excluding carboxylic acids is 1.